The normalized spacial score (nSPS) is 19.1. The van der Waals surface area contributed by atoms with Gasteiger partial charge in [-0.05, 0) is 37.1 Å². The van der Waals surface area contributed by atoms with Crippen molar-refractivity contribution in [2.75, 3.05) is 6.54 Å². The van der Waals surface area contributed by atoms with E-state index in [0.717, 1.165) is 16.0 Å². The molecule has 0 radical (unpaired) electrons. The molecule has 0 aliphatic carbocycles. The maximum absolute atomic E-state index is 12.8. The summed E-state index contributed by atoms with van der Waals surface area (Å²) in [6, 6.07) is 13.9. The van der Waals surface area contributed by atoms with Crippen molar-refractivity contribution in [3.05, 3.63) is 70.2 Å². The maximum Gasteiger partial charge on any atom is 0.325 e. The molecule has 4 amide bonds. The molecule has 7 heteroatoms. The van der Waals surface area contributed by atoms with E-state index in [1.165, 1.54) is 0 Å². The monoisotopic (exact) mass is 385 g/mol. The molecule has 1 fully saturated rings. The standard InChI is InChI=1S/C20H20ClN3O3/c1-13-6-8-14(9-7-13)11-22-17(25)12-24-18(26)20(2,23-19(24)27)15-4-3-5-16(21)10-15/h3-10H,11-12H2,1-2H3,(H,22,25)(H,23,27). The molecule has 27 heavy (non-hydrogen) atoms. The maximum atomic E-state index is 12.8. The molecule has 2 N–H and O–H groups in total. The molecule has 0 bridgehead atoms. The number of hydrogen-bond donors (Lipinski definition) is 2. The van der Waals surface area contributed by atoms with Gasteiger partial charge in [-0.3, -0.25) is 14.5 Å². The average Bonchev–Trinajstić information content (AvgIpc) is 2.85. The molecular weight excluding hydrogens is 366 g/mol. The lowest BCUT2D eigenvalue weighted by molar-refractivity contribution is -0.134. The first-order valence-electron chi connectivity index (χ1n) is 8.52. The van der Waals surface area contributed by atoms with Crippen LogP contribution in [0.4, 0.5) is 4.79 Å². The van der Waals surface area contributed by atoms with Crippen LogP contribution in [0.15, 0.2) is 48.5 Å². The summed E-state index contributed by atoms with van der Waals surface area (Å²) in [6.07, 6.45) is 0. The molecule has 1 unspecified atom stereocenters. The van der Waals surface area contributed by atoms with Crippen molar-refractivity contribution in [2.45, 2.75) is 25.9 Å². The second kappa shape index (κ2) is 7.40. The number of benzene rings is 2. The number of amides is 4. The highest BCUT2D eigenvalue weighted by molar-refractivity contribution is 6.30. The van der Waals surface area contributed by atoms with Crippen LogP contribution in [0.3, 0.4) is 0 Å². The zero-order valence-corrected chi connectivity index (χ0v) is 15.8. The summed E-state index contributed by atoms with van der Waals surface area (Å²) in [7, 11) is 0. The SMILES string of the molecule is Cc1ccc(CNC(=O)CN2C(=O)NC(C)(c3cccc(Cl)c3)C2=O)cc1. The highest BCUT2D eigenvalue weighted by atomic mass is 35.5. The van der Waals surface area contributed by atoms with Crippen molar-refractivity contribution in [1.29, 1.82) is 0 Å². The van der Waals surface area contributed by atoms with Crippen LogP contribution >= 0.6 is 11.6 Å². The van der Waals surface area contributed by atoms with E-state index in [0.29, 0.717) is 17.1 Å². The summed E-state index contributed by atoms with van der Waals surface area (Å²) >= 11 is 6.00. The number of carbonyl (C=O) groups is 3. The quantitative estimate of drug-likeness (QED) is 0.777. The van der Waals surface area contributed by atoms with Crippen LogP contribution in [-0.2, 0) is 21.7 Å². The van der Waals surface area contributed by atoms with Crippen LogP contribution in [0.25, 0.3) is 0 Å². The Morgan fingerprint density at radius 3 is 2.56 bits per heavy atom. The molecule has 0 spiro atoms. The largest absolute Gasteiger partial charge is 0.350 e. The number of aryl methyl sites for hydroxylation is 1. The molecule has 1 atom stereocenters. The Morgan fingerprint density at radius 2 is 1.89 bits per heavy atom. The fraction of sp³-hybridized carbons (Fsp3) is 0.250. The fourth-order valence-electron chi connectivity index (χ4n) is 2.94. The fourth-order valence-corrected chi connectivity index (χ4v) is 3.13. The minimum atomic E-state index is -1.25. The van der Waals surface area contributed by atoms with Crippen LogP contribution in [0.5, 0.6) is 0 Å². The summed E-state index contributed by atoms with van der Waals surface area (Å²) in [5.74, 6) is -0.894. The third-order valence-corrected chi connectivity index (χ3v) is 4.82. The zero-order valence-electron chi connectivity index (χ0n) is 15.1. The second-order valence-corrected chi connectivity index (χ2v) is 7.16. The van der Waals surface area contributed by atoms with Crippen molar-refractivity contribution >= 4 is 29.4 Å². The highest BCUT2D eigenvalue weighted by Gasteiger charge is 2.49. The number of halogens is 1. The molecule has 1 aliphatic heterocycles. The lowest BCUT2D eigenvalue weighted by Crippen LogP contribution is -2.43. The lowest BCUT2D eigenvalue weighted by atomic mass is 9.92. The molecular formula is C20H20ClN3O3. The molecule has 1 aliphatic rings. The minimum absolute atomic E-state index is 0.328. The first-order valence-corrected chi connectivity index (χ1v) is 8.90. The molecule has 1 saturated heterocycles. The van der Waals surface area contributed by atoms with Crippen molar-refractivity contribution in [3.63, 3.8) is 0 Å². The number of carbonyl (C=O) groups excluding carboxylic acids is 3. The Bertz CT molecular complexity index is 898. The van der Waals surface area contributed by atoms with Gasteiger partial charge in [0.15, 0.2) is 0 Å². The Kier molecular flexibility index (Phi) is 5.19. The second-order valence-electron chi connectivity index (χ2n) is 6.72. The average molecular weight is 386 g/mol. The Labute approximate surface area is 162 Å². The van der Waals surface area contributed by atoms with Gasteiger partial charge in [-0.2, -0.15) is 0 Å². The molecule has 0 saturated carbocycles. The zero-order chi connectivity index (χ0) is 19.6. The molecule has 6 nitrogen and oxygen atoms in total. The third kappa shape index (κ3) is 3.95. The molecule has 3 rings (SSSR count). The number of urea groups is 1. The van der Waals surface area contributed by atoms with Crippen molar-refractivity contribution in [1.82, 2.24) is 15.5 Å². The summed E-state index contributed by atoms with van der Waals surface area (Å²) < 4.78 is 0. The van der Waals surface area contributed by atoms with Crippen molar-refractivity contribution < 1.29 is 14.4 Å². The number of nitrogens with one attached hydrogen (secondary N) is 2. The Balaban J connectivity index is 1.66. The van der Waals surface area contributed by atoms with E-state index >= 15 is 0 Å². The third-order valence-electron chi connectivity index (χ3n) is 4.59. The van der Waals surface area contributed by atoms with Gasteiger partial charge in [0.2, 0.25) is 5.91 Å². The van der Waals surface area contributed by atoms with E-state index in [1.807, 2.05) is 31.2 Å². The Morgan fingerprint density at radius 1 is 1.19 bits per heavy atom. The molecule has 2 aromatic carbocycles. The highest BCUT2D eigenvalue weighted by Crippen LogP contribution is 2.30. The summed E-state index contributed by atoms with van der Waals surface area (Å²) in [5, 5.41) is 5.85. The molecule has 0 aromatic heterocycles. The smallest absolute Gasteiger partial charge is 0.325 e. The van der Waals surface area contributed by atoms with E-state index in [1.54, 1.807) is 31.2 Å². The van der Waals surface area contributed by atoms with Gasteiger partial charge in [0.05, 0.1) is 0 Å². The molecule has 2 aromatic rings. The molecule has 1 heterocycles. The Hall–Kier alpha value is -2.86. The number of imide groups is 1. The summed E-state index contributed by atoms with van der Waals surface area (Å²) in [4.78, 5) is 38.3. The summed E-state index contributed by atoms with van der Waals surface area (Å²) in [6.45, 7) is 3.57. The van der Waals surface area contributed by atoms with E-state index < -0.39 is 23.4 Å². The number of hydrogen-bond acceptors (Lipinski definition) is 3. The number of nitrogens with zero attached hydrogens (tertiary/aromatic N) is 1. The van der Waals surface area contributed by atoms with E-state index in [2.05, 4.69) is 10.6 Å². The van der Waals surface area contributed by atoms with Gasteiger partial charge in [0.25, 0.3) is 5.91 Å². The predicted molar refractivity (Wildman–Crippen MR) is 102 cm³/mol. The van der Waals surface area contributed by atoms with Gasteiger partial charge >= 0.3 is 6.03 Å². The first-order chi connectivity index (χ1) is 12.8. The van der Waals surface area contributed by atoms with Crippen LogP contribution in [0.2, 0.25) is 5.02 Å². The van der Waals surface area contributed by atoms with E-state index in [9.17, 15) is 14.4 Å². The summed E-state index contributed by atoms with van der Waals surface area (Å²) in [5.41, 5.74) is 1.38. The van der Waals surface area contributed by atoms with Gasteiger partial charge in [-0.1, -0.05) is 53.6 Å². The van der Waals surface area contributed by atoms with Crippen molar-refractivity contribution in [3.8, 4) is 0 Å². The van der Waals surface area contributed by atoms with Gasteiger partial charge in [-0.25, -0.2) is 4.79 Å². The molecule has 140 valence electrons. The van der Waals surface area contributed by atoms with Crippen LogP contribution < -0.4 is 10.6 Å². The van der Waals surface area contributed by atoms with Gasteiger partial charge in [-0.15, -0.1) is 0 Å². The predicted octanol–water partition coefficient (Wildman–Crippen LogP) is 2.73. The van der Waals surface area contributed by atoms with Gasteiger partial charge in [0.1, 0.15) is 12.1 Å². The topological polar surface area (TPSA) is 78.5 Å². The van der Waals surface area contributed by atoms with E-state index in [4.69, 9.17) is 11.6 Å². The van der Waals surface area contributed by atoms with Crippen LogP contribution in [0.1, 0.15) is 23.6 Å². The first kappa shape index (κ1) is 18.9. The van der Waals surface area contributed by atoms with Gasteiger partial charge < -0.3 is 10.6 Å². The van der Waals surface area contributed by atoms with Crippen LogP contribution in [-0.4, -0.2) is 29.3 Å². The van der Waals surface area contributed by atoms with Crippen molar-refractivity contribution in [2.24, 2.45) is 0 Å². The van der Waals surface area contributed by atoms with E-state index in [-0.39, 0.29) is 6.54 Å². The van der Waals surface area contributed by atoms with Gasteiger partial charge in [0, 0.05) is 11.6 Å². The lowest BCUT2D eigenvalue weighted by Gasteiger charge is -2.22. The van der Waals surface area contributed by atoms with Crippen LogP contribution in [0, 0.1) is 6.92 Å². The number of rotatable bonds is 5. The minimum Gasteiger partial charge on any atom is -0.350 e.